The minimum Gasteiger partial charge on any atom is -0.394 e. The molecule has 1 aliphatic rings. The molecule has 1 fully saturated rings. The van der Waals surface area contributed by atoms with Crippen LogP contribution in [0.1, 0.15) is 6.23 Å². The summed E-state index contributed by atoms with van der Waals surface area (Å²) in [7, 11) is 0. The van der Waals surface area contributed by atoms with E-state index in [-0.39, 0.29) is 12.1 Å². The van der Waals surface area contributed by atoms with E-state index >= 15 is 0 Å². The fourth-order valence-corrected chi connectivity index (χ4v) is 2.32. The molecule has 0 aliphatic carbocycles. The van der Waals surface area contributed by atoms with Crippen molar-refractivity contribution in [2.75, 3.05) is 6.61 Å². The van der Waals surface area contributed by atoms with Gasteiger partial charge in [0.05, 0.1) is 12.0 Å². The molecule has 0 radical (unpaired) electrons. The molecule has 8 nitrogen and oxygen atoms in total. The van der Waals surface area contributed by atoms with Crippen LogP contribution < -0.4 is 5.49 Å². The van der Waals surface area contributed by atoms with Crippen molar-refractivity contribution in [2.24, 2.45) is 0 Å². The first-order chi connectivity index (χ1) is 9.13. The molecule has 2 aromatic heterocycles. The Kier molecular flexibility index (Phi) is 2.86. The van der Waals surface area contributed by atoms with E-state index in [0.29, 0.717) is 11.0 Å². The number of hydrogen-bond acceptors (Lipinski definition) is 6. The van der Waals surface area contributed by atoms with Gasteiger partial charge in [0.1, 0.15) is 30.3 Å². The Morgan fingerprint density at radius 3 is 2.89 bits per heavy atom. The number of nitrogens with one attached hydrogen (secondary N) is 2. The summed E-state index contributed by atoms with van der Waals surface area (Å²) in [5, 5.41) is 37.1. The van der Waals surface area contributed by atoms with Gasteiger partial charge < -0.3 is 25.0 Å². The van der Waals surface area contributed by atoms with Crippen LogP contribution in [0.5, 0.6) is 0 Å². The molecular formula is C11H14N4O4. The molecule has 4 atom stereocenters. The molecule has 8 heteroatoms. The Morgan fingerprint density at radius 1 is 1.42 bits per heavy atom. The summed E-state index contributed by atoms with van der Waals surface area (Å²) >= 11 is 0. The molecule has 3 rings (SSSR count). The zero-order valence-corrected chi connectivity index (χ0v) is 9.89. The van der Waals surface area contributed by atoms with Crippen LogP contribution in [0.2, 0.25) is 0 Å². The monoisotopic (exact) mass is 266 g/mol. The van der Waals surface area contributed by atoms with Gasteiger partial charge in [0.25, 0.3) is 0 Å². The average Bonchev–Trinajstić information content (AvgIpc) is 2.99. The summed E-state index contributed by atoms with van der Waals surface area (Å²) in [5.74, 6) is 0. The van der Waals surface area contributed by atoms with Crippen LogP contribution in [0.4, 0.5) is 0 Å². The molecule has 2 aromatic rings. The summed E-state index contributed by atoms with van der Waals surface area (Å²) in [6.45, 7) is -0.382. The predicted molar refractivity (Wildman–Crippen MR) is 62.9 cm³/mol. The minimum absolute atomic E-state index is 0.110. The van der Waals surface area contributed by atoms with Gasteiger partial charge in [-0.2, -0.15) is 0 Å². The van der Waals surface area contributed by atoms with E-state index in [1.807, 2.05) is 0 Å². The molecule has 0 aromatic carbocycles. The van der Waals surface area contributed by atoms with E-state index < -0.39 is 24.5 Å². The van der Waals surface area contributed by atoms with Crippen LogP contribution in [0, 0.1) is 5.41 Å². The maximum absolute atomic E-state index is 9.98. The van der Waals surface area contributed by atoms with Crippen LogP contribution in [0.15, 0.2) is 18.6 Å². The Labute approximate surface area is 107 Å². The highest BCUT2D eigenvalue weighted by Gasteiger charge is 2.43. The summed E-state index contributed by atoms with van der Waals surface area (Å²) in [6.07, 6.45) is -1.02. The Balaban J connectivity index is 2.08. The quantitative estimate of drug-likeness (QED) is 0.450. The van der Waals surface area contributed by atoms with Crippen molar-refractivity contribution in [1.29, 1.82) is 5.41 Å². The number of aromatic amines is 1. The van der Waals surface area contributed by atoms with E-state index in [1.165, 1.54) is 10.9 Å². The molecule has 0 amide bonds. The standard InChI is InChI=1S/C11H14N4O4/c12-9-5-1-2-13-10(5)15(4-14-9)11-8(18)7(17)6(3-16)19-11/h1-2,4,6-8,11-13,16-18H,3H2/t6-,7-,8-,11-/m1/s1. The second-order valence-corrected chi connectivity index (χ2v) is 4.47. The molecule has 0 saturated carbocycles. The van der Waals surface area contributed by atoms with Crippen molar-refractivity contribution in [3.63, 3.8) is 0 Å². The van der Waals surface area contributed by atoms with Crippen LogP contribution in [0.25, 0.3) is 11.0 Å². The number of aromatic nitrogens is 3. The molecule has 0 unspecified atom stereocenters. The second kappa shape index (κ2) is 4.42. The number of aliphatic hydroxyl groups is 3. The predicted octanol–water partition coefficient (Wildman–Crippen LogP) is -1.54. The number of aliphatic hydroxyl groups excluding tert-OH is 3. The Bertz CT molecular complexity index is 651. The number of ether oxygens (including phenoxy) is 1. The van der Waals surface area contributed by atoms with Gasteiger partial charge in [-0.1, -0.05) is 0 Å². The topological polar surface area (TPSA) is 127 Å². The number of hydrogen-bond donors (Lipinski definition) is 5. The van der Waals surface area contributed by atoms with E-state index in [4.69, 9.17) is 15.3 Å². The normalized spacial score (nSPS) is 31.1. The number of nitrogens with zero attached hydrogens (tertiary/aromatic N) is 2. The third-order valence-corrected chi connectivity index (χ3v) is 3.34. The van der Waals surface area contributed by atoms with Crippen molar-refractivity contribution < 1.29 is 20.1 Å². The molecule has 3 heterocycles. The lowest BCUT2D eigenvalue weighted by atomic mass is 10.1. The van der Waals surface area contributed by atoms with Crippen LogP contribution >= 0.6 is 0 Å². The van der Waals surface area contributed by atoms with E-state index in [2.05, 4.69) is 9.97 Å². The van der Waals surface area contributed by atoms with E-state index in [1.54, 1.807) is 12.3 Å². The third-order valence-electron chi connectivity index (χ3n) is 3.34. The van der Waals surface area contributed by atoms with Gasteiger partial charge >= 0.3 is 0 Å². The summed E-state index contributed by atoms with van der Waals surface area (Å²) in [6, 6.07) is 1.70. The first-order valence-electron chi connectivity index (χ1n) is 5.84. The number of rotatable bonds is 2. The third kappa shape index (κ3) is 1.77. The van der Waals surface area contributed by atoms with Crippen molar-refractivity contribution in [3.05, 3.63) is 24.1 Å². The van der Waals surface area contributed by atoms with Gasteiger partial charge in [0.2, 0.25) is 0 Å². The lowest BCUT2D eigenvalue weighted by Crippen LogP contribution is -2.33. The van der Waals surface area contributed by atoms with Crippen LogP contribution in [-0.4, -0.2) is 54.8 Å². The largest absolute Gasteiger partial charge is 0.394 e. The fourth-order valence-electron chi connectivity index (χ4n) is 2.32. The van der Waals surface area contributed by atoms with Gasteiger partial charge in [0, 0.05) is 6.20 Å². The lowest BCUT2D eigenvalue weighted by molar-refractivity contribution is -0.0515. The maximum atomic E-state index is 9.98. The molecule has 5 N–H and O–H groups in total. The van der Waals surface area contributed by atoms with Crippen molar-refractivity contribution >= 4 is 11.0 Å². The molecule has 0 bridgehead atoms. The highest BCUT2D eigenvalue weighted by atomic mass is 16.6. The Hall–Kier alpha value is -1.74. The zero-order chi connectivity index (χ0) is 13.6. The van der Waals surface area contributed by atoms with Crippen molar-refractivity contribution in [1.82, 2.24) is 14.5 Å². The SMILES string of the molecule is N=c1ncn([C@@H]2O[C@H](CO)[C@@H](O)[C@H]2O)c2[nH]ccc12. The molecule has 0 spiro atoms. The second-order valence-electron chi connectivity index (χ2n) is 4.47. The smallest absolute Gasteiger partial charge is 0.165 e. The fraction of sp³-hybridized carbons (Fsp3) is 0.455. The van der Waals surface area contributed by atoms with E-state index in [0.717, 1.165) is 0 Å². The highest BCUT2D eigenvalue weighted by molar-refractivity contribution is 5.74. The van der Waals surface area contributed by atoms with Gasteiger partial charge in [-0.15, -0.1) is 0 Å². The van der Waals surface area contributed by atoms with Crippen molar-refractivity contribution in [3.8, 4) is 0 Å². The highest BCUT2D eigenvalue weighted by Crippen LogP contribution is 2.30. The maximum Gasteiger partial charge on any atom is 0.165 e. The van der Waals surface area contributed by atoms with Gasteiger partial charge in [-0.05, 0) is 6.07 Å². The van der Waals surface area contributed by atoms with Crippen LogP contribution in [-0.2, 0) is 4.74 Å². The first kappa shape index (κ1) is 12.3. The van der Waals surface area contributed by atoms with E-state index in [9.17, 15) is 10.2 Å². The number of H-pyrrole nitrogens is 1. The molecule has 19 heavy (non-hydrogen) atoms. The number of fused-ring (bicyclic) bond motifs is 1. The molecule has 102 valence electrons. The molecule has 1 saturated heterocycles. The van der Waals surface area contributed by atoms with Gasteiger partial charge in [-0.25, -0.2) is 4.98 Å². The zero-order valence-electron chi connectivity index (χ0n) is 9.89. The minimum atomic E-state index is -1.17. The van der Waals surface area contributed by atoms with Gasteiger partial charge in [0.15, 0.2) is 11.7 Å². The summed E-state index contributed by atoms with van der Waals surface area (Å²) < 4.78 is 6.94. The van der Waals surface area contributed by atoms with Crippen molar-refractivity contribution in [2.45, 2.75) is 24.5 Å². The Morgan fingerprint density at radius 2 is 2.21 bits per heavy atom. The van der Waals surface area contributed by atoms with Crippen LogP contribution in [0.3, 0.4) is 0 Å². The lowest BCUT2D eigenvalue weighted by Gasteiger charge is -2.18. The van der Waals surface area contributed by atoms with Gasteiger partial charge in [-0.3, -0.25) is 9.98 Å². The molecule has 1 aliphatic heterocycles. The first-order valence-corrected chi connectivity index (χ1v) is 5.84. The average molecular weight is 266 g/mol. The molecular weight excluding hydrogens is 252 g/mol. The summed E-state index contributed by atoms with van der Waals surface area (Å²) in [4.78, 5) is 6.85. The summed E-state index contributed by atoms with van der Waals surface area (Å²) in [5.41, 5.74) is 0.675.